The lowest BCUT2D eigenvalue weighted by molar-refractivity contribution is 0.187. The molecular formula is C14H19ClN2OS. The molecule has 0 saturated carbocycles. The van der Waals surface area contributed by atoms with E-state index in [0.29, 0.717) is 16.8 Å². The molecule has 0 aromatic heterocycles. The Morgan fingerprint density at radius 3 is 2.89 bits per heavy atom. The van der Waals surface area contributed by atoms with Gasteiger partial charge in [0.2, 0.25) is 0 Å². The van der Waals surface area contributed by atoms with Crippen molar-refractivity contribution in [3.05, 3.63) is 34.9 Å². The molecule has 1 fully saturated rings. The Morgan fingerprint density at radius 2 is 2.21 bits per heavy atom. The largest absolute Gasteiger partial charge is 0.334 e. The minimum atomic E-state index is 0.0358. The number of urea groups is 1. The van der Waals surface area contributed by atoms with E-state index < -0.39 is 0 Å². The molecule has 1 atom stereocenters. The Bertz CT molecular complexity index is 424. The number of benzene rings is 1. The van der Waals surface area contributed by atoms with E-state index in [1.54, 1.807) is 0 Å². The normalized spacial score (nSPS) is 19.3. The molecule has 0 unspecified atom stereocenters. The summed E-state index contributed by atoms with van der Waals surface area (Å²) in [5, 5.41) is 4.26. The number of rotatable bonds is 3. The second-order valence-corrected chi connectivity index (χ2v) is 6.31. The molecule has 1 aliphatic rings. The van der Waals surface area contributed by atoms with Crippen LogP contribution in [0.3, 0.4) is 0 Å². The fourth-order valence-electron chi connectivity index (χ4n) is 2.21. The summed E-state index contributed by atoms with van der Waals surface area (Å²) in [5.74, 6) is 0. The Labute approximate surface area is 123 Å². The van der Waals surface area contributed by atoms with Gasteiger partial charge in [-0.15, -0.1) is 0 Å². The number of piperidine rings is 1. The van der Waals surface area contributed by atoms with Crippen molar-refractivity contribution in [1.82, 2.24) is 10.2 Å². The van der Waals surface area contributed by atoms with Crippen LogP contribution in [0.5, 0.6) is 0 Å². The van der Waals surface area contributed by atoms with Gasteiger partial charge >= 0.3 is 6.03 Å². The van der Waals surface area contributed by atoms with Gasteiger partial charge in [0.05, 0.1) is 0 Å². The molecule has 0 bridgehead atoms. The molecule has 1 N–H and O–H groups in total. The molecular weight excluding hydrogens is 280 g/mol. The molecule has 1 heterocycles. The van der Waals surface area contributed by atoms with Crippen LogP contribution in [0.25, 0.3) is 0 Å². The van der Waals surface area contributed by atoms with E-state index >= 15 is 0 Å². The number of nitrogens with zero attached hydrogens (tertiary/aromatic N) is 1. The molecule has 0 aliphatic carbocycles. The SMILES string of the molecule is CS[C@@H]1CCCN(C(=O)NCc2ccc(Cl)cc2)C1. The summed E-state index contributed by atoms with van der Waals surface area (Å²) in [5.41, 5.74) is 1.07. The van der Waals surface area contributed by atoms with Crippen molar-refractivity contribution in [2.24, 2.45) is 0 Å². The molecule has 3 nitrogen and oxygen atoms in total. The molecule has 1 saturated heterocycles. The fraction of sp³-hybridized carbons (Fsp3) is 0.500. The highest BCUT2D eigenvalue weighted by Gasteiger charge is 2.22. The number of halogens is 1. The van der Waals surface area contributed by atoms with Crippen LogP contribution in [0.1, 0.15) is 18.4 Å². The van der Waals surface area contributed by atoms with Gasteiger partial charge in [-0.2, -0.15) is 11.8 Å². The van der Waals surface area contributed by atoms with Crippen LogP contribution < -0.4 is 5.32 Å². The zero-order chi connectivity index (χ0) is 13.7. The van der Waals surface area contributed by atoms with Gasteiger partial charge in [0.15, 0.2) is 0 Å². The first-order chi connectivity index (χ1) is 9.19. The second-order valence-electron chi connectivity index (χ2n) is 4.73. The maximum absolute atomic E-state index is 12.1. The number of amides is 2. The highest BCUT2D eigenvalue weighted by atomic mass is 35.5. The van der Waals surface area contributed by atoms with E-state index in [-0.39, 0.29) is 6.03 Å². The Balaban J connectivity index is 1.82. The van der Waals surface area contributed by atoms with Gasteiger partial charge in [-0.3, -0.25) is 0 Å². The number of carbonyl (C=O) groups excluding carboxylic acids is 1. The van der Waals surface area contributed by atoms with Gasteiger partial charge in [0.1, 0.15) is 0 Å². The van der Waals surface area contributed by atoms with Gasteiger partial charge in [-0.05, 0) is 36.8 Å². The maximum atomic E-state index is 12.1. The third kappa shape index (κ3) is 4.32. The van der Waals surface area contributed by atoms with Crippen LogP contribution in [0.15, 0.2) is 24.3 Å². The molecule has 2 amide bonds. The summed E-state index contributed by atoms with van der Waals surface area (Å²) >= 11 is 7.68. The first-order valence-electron chi connectivity index (χ1n) is 6.49. The fourth-order valence-corrected chi connectivity index (χ4v) is 3.06. The van der Waals surface area contributed by atoms with Gasteiger partial charge in [-0.25, -0.2) is 4.79 Å². The van der Waals surface area contributed by atoms with Crippen molar-refractivity contribution >= 4 is 29.4 Å². The lowest BCUT2D eigenvalue weighted by Gasteiger charge is -2.31. The monoisotopic (exact) mass is 298 g/mol. The number of carbonyl (C=O) groups is 1. The van der Waals surface area contributed by atoms with Gasteiger partial charge < -0.3 is 10.2 Å². The van der Waals surface area contributed by atoms with Gasteiger partial charge in [-0.1, -0.05) is 23.7 Å². The molecule has 1 aromatic rings. The van der Waals surface area contributed by atoms with Crippen LogP contribution in [-0.2, 0) is 6.54 Å². The van der Waals surface area contributed by atoms with Crippen molar-refractivity contribution in [2.75, 3.05) is 19.3 Å². The van der Waals surface area contributed by atoms with Gasteiger partial charge in [0, 0.05) is 29.9 Å². The smallest absolute Gasteiger partial charge is 0.317 e. The van der Waals surface area contributed by atoms with Crippen LogP contribution in [0.2, 0.25) is 5.02 Å². The molecule has 0 spiro atoms. The van der Waals surface area contributed by atoms with Crippen LogP contribution in [-0.4, -0.2) is 35.5 Å². The third-order valence-electron chi connectivity index (χ3n) is 3.36. The summed E-state index contributed by atoms with van der Waals surface area (Å²) in [7, 11) is 0. The molecule has 19 heavy (non-hydrogen) atoms. The number of thioether (sulfide) groups is 1. The van der Waals surface area contributed by atoms with Crippen LogP contribution >= 0.6 is 23.4 Å². The van der Waals surface area contributed by atoms with E-state index in [2.05, 4.69) is 11.6 Å². The molecule has 1 aromatic carbocycles. The minimum Gasteiger partial charge on any atom is -0.334 e. The van der Waals surface area contributed by atoms with E-state index in [1.165, 1.54) is 6.42 Å². The summed E-state index contributed by atoms with van der Waals surface area (Å²) < 4.78 is 0. The van der Waals surface area contributed by atoms with Crippen molar-refractivity contribution in [3.63, 3.8) is 0 Å². The number of hydrogen-bond acceptors (Lipinski definition) is 2. The lowest BCUT2D eigenvalue weighted by atomic mass is 10.1. The highest BCUT2D eigenvalue weighted by molar-refractivity contribution is 7.99. The predicted molar refractivity (Wildman–Crippen MR) is 81.8 cm³/mol. The number of nitrogens with one attached hydrogen (secondary N) is 1. The molecule has 2 rings (SSSR count). The Morgan fingerprint density at radius 1 is 1.47 bits per heavy atom. The minimum absolute atomic E-state index is 0.0358. The predicted octanol–water partition coefficient (Wildman–Crippen LogP) is 3.38. The zero-order valence-corrected chi connectivity index (χ0v) is 12.6. The molecule has 104 valence electrons. The Kier molecular flexibility index (Phi) is 5.40. The number of likely N-dealkylation sites (tertiary alicyclic amines) is 1. The van der Waals surface area contributed by atoms with E-state index in [9.17, 15) is 4.79 Å². The second kappa shape index (κ2) is 7.06. The summed E-state index contributed by atoms with van der Waals surface area (Å²) in [6.07, 6.45) is 4.42. The van der Waals surface area contributed by atoms with Crippen molar-refractivity contribution in [2.45, 2.75) is 24.6 Å². The van der Waals surface area contributed by atoms with Crippen molar-refractivity contribution in [3.8, 4) is 0 Å². The Hall–Kier alpha value is -0.870. The summed E-state index contributed by atoms with van der Waals surface area (Å²) in [6.45, 7) is 2.27. The quantitative estimate of drug-likeness (QED) is 0.928. The number of hydrogen-bond donors (Lipinski definition) is 1. The van der Waals surface area contributed by atoms with Crippen molar-refractivity contribution in [1.29, 1.82) is 0 Å². The van der Waals surface area contributed by atoms with E-state index in [1.807, 2.05) is 40.9 Å². The third-order valence-corrected chi connectivity index (χ3v) is 4.66. The molecule has 5 heteroatoms. The zero-order valence-electron chi connectivity index (χ0n) is 11.1. The molecule has 1 aliphatic heterocycles. The van der Waals surface area contributed by atoms with E-state index in [0.717, 1.165) is 25.1 Å². The van der Waals surface area contributed by atoms with Crippen molar-refractivity contribution < 1.29 is 4.79 Å². The maximum Gasteiger partial charge on any atom is 0.317 e. The lowest BCUT2D eigenvalue weighted by Crippen LogP contribution is -2.46. The van der Waals surface area contributed by atoms with Gasteiger partial charge in [0.25, 0.3) is 0 Å². The molecule has 0 radical (unpaired) electrons. The first kappa shape index (κ1) is 14.5. The van der Waals surface area contributed by atoms with Crippen LogP contribution in [0, 0.1) is 0 Å². The topological polar surface area (TPSA) is 32.3 Å². The van der Waals surface area contributed by atoms with E-state index in [4.69, 9.17) is 11.6 Å². The van der Waals surface area contributed by atoms with Crippen LogP contribution in [0.4, 0.5) is 4.79 Å². The highest BCUT2D eigenvalue weighted by Crippen LogP contribution is 2.20. The standard InChI is InChI=1S/C14H19ClN2OS/c1-19-13-3-2-8-17(10-13)14(18)16-9-11-4-6-12(15)7-5-11/h4-7,13H,2-3,8-10H2,1H3,(H,16,18)/t13-/m1/s1. The summed E-state index contributed by atoms with van der Waals surface area (Å²) in [6, 6.07) is 7.59. The first-order valence-corrected chi connectivity index (χ1v) is 8.15. The average molecular weight is 299 g/mol. The average Bonchev–Trinajstić information content (AvgIpc) is 2.46. The summed E-state index contributed by atoms with van der Waals surface area (Å²) in [4.78, 5) is 14.0.